The first-order valence-corrected chi connectivity index (χ1v) is 1.64. The van der Waals surface area contributed by atoms with Gasteiger partial charge in [0.15, 0.2) is 0 Å². The highest BCUT2D eigenvalue weighted by Crippen LogP contribution is 1.89. The van der Waals surface area contributed by atoms with Gasteiger partial charge in [-0.1, -0.05) is 0 Å². The SMILES string of the molecule is Br.C1=COOC=C1. The normalized spacial score (nSPS) is 13.7. The zero-order valence-electron chi connectivity index (χ0n) is 3.53. The molecule has 7 heavy (non-hydrogen) atoms. The van der Waals surface area contributed by atoms with E-state index in [2.05, 4.69) is 9.78 Å². The van der Waals surface area contributed by atoms with E-state index >= 15 is 0 Å². The van der Waals surface area contributed by atoms with Gasteiger partial charge in [-0.15, -0.1) is 17.0 Å². The van der Waals surface area contributed by atoms with Crippen LogP contribution in [0.4, 0.5) is 0 Å². The smallest absolute Gasteiger partial charge is 0.142 e. The summed E-state index contributed by atoms with van der Waals surface area (Å²) in [6.07, 6.45) is 6.40. The Morgan fingerprint density at radius 2 is 1.29 bits per heavy atom. The van der Waals surface area contributed by atoms with E-state index < -0.39 is 0 Å². The van der Waals surface area contributed by atoms with Crippen molar-refractivity contribution < 1.29 is 9.78 Å². The maximum atomic E-state index is 4.30. The van der Waals surface area contributed by atoms with E-state index in [1.165, 1.54) is 12.5 Å². The van der Waals surface area contributed by atoms with Crippen LogP contribution in [0, 0.1) is 0 Å². The van der Waals surface area contributed by atoms with E-state index in [1.807, 2.05) is 0 Å². The van der Waals surface area contributed by atoms with Gasteiger partial charge in [0.2, 0.25) is 0 Å². The molecule has 0 aromatic heterocycles. The van der Waals surface area contributed by atoms with E-state index in [0.29, 0.717) is 0 Å². The van der Waals surface area contributed by atoms with E-state index in [1.54, 1.807) is 12.2 Å². The highest BCUT2D eigenvalue weighted by Gasteiger charge is 1.75. The van der Waals surface area contributed by atoms with Crippen LogP contribution in [0.25, 0.3) is 0 Å². The third-order valence-electron chi connectivity index (χ3n) is 0.435. The number of hydrogen-bond acceptors (Lipinski definition) is 2. The highest BCUT2D eigenvalue weighted by molar-refractivity contribution is 8.93. The Labute approximate surface area is 52.1 Å². The second-order valence-electron chi connectivity index (χ2n) is 0.850. The average Bonchev–Trinajstić information content (AvgIpc) is 1.72. The summed E-state index contributed by atoms with van der Waals surface area (Å²) in [5, 5.41) is 0. The number of rotatable bonds is 0. The van der Waals surface area contributed by atoms with Crippen LogP contribution in [-0.4, -0.2) is 0 Å². The Hall–Kier alpha value is -0.440. The topological polar surface area (TPSA) is 18.5 Å². The quantitative estimate of drug-likeness (QED) is 0.507. The van der Waals surface area contributed by atoms with Crippen LogP contribution in [0.5, 0.6) is 0 Å². The van der Waals surface area contributed by atoms with E-state index in [9.17, 15) is 0 Å². The molecule has 0 saturated carbocycles. The first-order chi connectivity index (χ1) is 3.00. The predicted molar refractivity (Wildman–Crippen MR) is 30.8 cm³/mol. The zero-order chi connectivity index (χ0) is 4.24. The van der Waals surface area contributed by atoms with Gasteiger partial charge in [-0.25, -0.2) is 0 Å². The highest BCUT2D eigenvalue weighted by atomic mass is 79.9. The third kappa shape index (κ3) is 2.28. The molecule has 1 aliphatic rings. The van der Waals surface area contributed by atoms with Crippen LogP contribution in [0.1, 0.15) is 0 Å². The Balaban J connectivity index is 0.000000360. The molecule has 0 bridgehead atoms. The summed E-state index contributed by atoms with van der Waals surface area (Å²) in [7, 11) is 0. The van der Waals surface area contributed by atoms with Crippen molar-refractivity contribution in [3.63, 3.8) is 0 Å². The molecule has 2 nitrogen and oxygen atoms in total. The summed E-state index contributed by atoms with van der Waals surface area (Å²) < 4.78 is 0. The van der Waals surface area contributed by atoms with Gasteiger partial charge in [0.1, 0.15) is 12.5 Å². The minimum absolute atomic E-state index is 0. The molecule has 0 N–H and O–H groups in total. The van der Waals surface area contributed by atoms with Crippen LogP contribution in [0.15, 0.2) is 24.7 Å². The van der Waals surface area contributed by atoms with Gasteiger partial charge in [0.25, 0.3) is 0 Å². The summed E-state index contributed by atoms with van der Waals surface area (Å²) in [6.45, 7) is 0. The molecule has 0 aliphatic carbocycles. The van der Waals surface area contributed by atoms with Gasteiger partial charge in [-0.2, -0.15) is 0 Å². The monoisotopic (exact) mass is 164 g/mol. The second kappa shape index (κ2) is 3.74. The number of halogens is 1. The molecule has 0 aromatic rings. The van der Waals surface area contributed by atoms with Crippen LogP contribution >= 0.6 is 17.0 Å². The van der Waals surface area contributed by atoms with Gasteiger partial charge in [0.05, 0.1) is 0 Å². The number of hydrogen-bond donors (Lipinski definition) is 0. The first kappa shape index (κ1) is 6.56. The maximum Gasteiger partial charge on any atom is 0.142 e. The van der Waals surface area contributed by atoms with Crippen molar-refractivity contribution in [1.82, 2.24) is 0 Å². The average molecular weight is 165 g/mol. The summed E-state index contributed by atoms with van der Waals surface area (Å²) in [4.78, 5) is 8.60. The van der Waals surface area contributed by atoms with Crippen molar-refractivity contribution in [1.29, 1.82) is 0 Å². The van der Waals surface area contributed by atoms with Crippen LogP contribution < -0.4 is 0 Å². The van der Waals surface area contributed by atoms with Gasteiger partial charge in [-0.05, 0) is 12.2 Å². The van der Waals surface area contributed by atoms with Gasteiger partial charge < -0.3 is 0 Å². The predicted octanol–water partition coefficient (Wildman–Crippen LogP) is 1.55. The summed E-state index contributed by atoms with van der Waals surface area (Å²) in [6, 6.07) is 0. The molecule has 3 heteroatoms. The summed E-state index contributed by atoms with van der Waals surface area (Å²) in [5.41, 5.74) is 0. The molecule has 1 rings (SSSR count). The molecule has 0 spiro atoms. The molecule has 1 aliphatic heterocycles. The van der Waals surface area contributed by atoms with Crippen LogP contribution in [-0.2, 0) is 9.78 Å². The van der Waals surface area contributed by atoms with Crippen molar-refractivity contribution in [3.8, 4) is 0 Å². The lowest BCUT2D eigenvalue weighted by Gasteiger charge is -1.94. The molecule has 0 unspecified atom stereocenters. The lowest BCUT2D eigenvalue weighted by atomic mass is 10.6. The molecule has 0 atom stereocenters. The fourth-order valence-corrected chi connectivity index (χ4v) is 0.219. The van der Waals surface area contributed by atoms with Crippen molar-refractivity contribution in [2.45, 2.75) is 0 Å². The molecule has 0 amide bonds. The van der Waals surface area contributed by atoms with Gasteiger partial charge in [-0.3, -0.25) is 9.78 Å². The second-order valence-corrected chi connectivity index (χ2v) is 0.850. The molecule has 0 aromatic carbocycles. The molecule has 0 fully saturated rings. The molecular formula is C4H5BrO2. The zero-order valence-corrected chi connectivity index (χ0v) is 5.25. The molecule has 0 radical (unpaired) electrons. The van der Waals surface area contributed by atoms with E-state index in [-0.39, 0.29) is 17.0 Å². The first-order valence-electron chi connectivity index (χ1n) is 1.64. The molecule has 1 heterocycles. The summed E-state index contributed by atoms with van der Waals surface area (Å²) >= 11 is 0. The Morgan fingerprint density at radius 3 is 1.43 bits per heavy atom. The standard InChI is InChI=1S/C4H4O2.BrH/c1-2-4-6-5-3-1;/h1-4H;1H. The van der Waals surface area contributed by atoms with Crippen molar-refractivity contribution in [2.24, 2.45) is 0 Å². The van der Waals surface area contributed by atoms with Crippen LogP contribution in [0.3, 0.4) is 0 Å². The largest absolute Gasteiger partial charge is 0.299 e. The van der Waals surface area contributed by atoms with Crippen molar-refractivity contribution >= 4 is 17.0 Å². The van der Waals surface area contributed by atoms with Gasteiger partial charge >= 0.3 is 0 Å². The van der Waals surface area contributed by atoms with Crippen molar-refractivity contribution in [3.05, 3.63) is 24.7 Å². The fourth-order valence-electron chi connectivity index (χ4n) is 0.219. The van der Waals surface area contributed by atoms with Crippen molar-refractivity contribution in [2.75, 3.05) is 0 Å². The molecule has 0 saturated heterocycles. The minimum atomic E-state index is 0. The maximum absolute atomic E-state index is 4.30. The number of allylic oxidation sites excluding steroid dienone is 2. The van der Waals surface area contributed by atoms with E-state index in [4.69, 9.17) is 0 Å². The Kier molecular flexibility index (Phi) is 3.50. The van der Waals surface area contributed by atoms with E-state index in [0.717, 1.165) is 0 Å². The van der Waals surface area contributed by atoms with Crippen LogP contribution in [0.2, 0.25) is 0 Å². The molecular weight excluding hydrogens is 160 g/mol. The minimum Gasteiger partial charge on any atom is -0.299 e. The third-order valence-corrected chi connectivity index (χ3v) is 0.435. The Morgan fingerprint density at radius 1 is 0.857 bits per heavy atom. The fraction of sp³-hybridized carbons (Fsp3) is 0. The Bertz CT molecular complexity index is 75.7. The summed E-state index contributed by atoms with van der Waals surface area (Å²) in [5.74, 6) is 0. The lowest BCUT2D eigenvalue weighted by Crippen LogP contribution is -1.78. The molecule has 40 valence electrons. The lowest BCUT2D eigenvalue weighted by molar-refractivity contribution is -0.198. The van der Waals surface area contributed by atoms with Gasteiger partial charge in [0, 0.05) is 0 Å².